The number of hydrogen-bond donors (Lipinski definition) is 1. The zero-order valence-electron chi connectivity index (χ0n) is 14.0. The average molecular weight is 360 g/mol. The van der Waals surface area contributed by atoms with Crippen molar-refractivity contribution >= 4 is 22.4 Å². The Morgan fingerprint density at radius 1 is 1.40 bits per heavy atom. The third-order valence-corrected chi connectivity index (χ3v) is 4.21. The summed E-state index contributed by atoms with van der Waals surface area (Å²) >= 11 is 1.30. The second kappa shape index (κ2) is 7.06. The number of nitrogens with one attached hydrogen (secondary N) is 1. The van der Waals surface area contributed by atoms with E-state index in [0.717, 1.165) is 5.56 Å². The summed E-state index contributed by atoms with van der Waals surface area (Å²) in [6.07, 6.45) is 0.0251. The molecule has 25 heavy (non-hydrogen) atoms. The highest BCUT2D eigenvalue weighted by atomic mass is 32.1. The fourth-order valence-corrected chi connectivity index (χ4v) is 2.86. The van der Waals surface area contributed by atoms with E-state index in [1.54, 1.807) is 19.1 Å². The molecule has 9 heteroatoms. The highest BCUT2D eigenvalue weighted by Gasteiger charge is 2.13. The van der Waals surface area contributed by atoms with Crippen molar-refractivity contribution in [1.29, 1.82) is 0 Å². The van der Waals surface area contributed by atoms with Crippen molar-refractivity contribution in [1.82, 2.24) is 25.2 Å². The van der Waals surface area contributed by atoms with Crippen LogP contribution in [0.2, 0.25) is 0 Å². The molecule has 2 aromatic heterocycles. The van der Waals surface area contributed by atoms with Crippen molar-refractivity contribution in [2.75, 3.05) is 5.32 Å². The number of thiazole rings is 1. The van der Waals surface area contributed by atoms with Crippen molar-refractivity contribution in [3.8, 4) is 11.3 Å². The molecule has 3 aromatic rings. The minimum atomic E-state index is -0.264. The van der Waals surface area contributed by atoms with Crippen molar-refractivity contribution in [2.24, 2.45) is 0 Å². The van der Waals surface area contributed by atoms with E-state index in [4.69, 9.17) is 0 Å². The number of aryl methyl sites for hydroxylation is 1. The van der Waals surface area contributed by atoms with Crippen LogP contribution < -0.4 is 5.32 Å². The molecule has 0 unspecified atom stereocenters. The SMILES string of the molecule is Cc1cc(-c2csc(NC(=O)Cc3nnn(C(C)C)n3)n2)ccc1F. The third-order valence-electron chi connectivity index (χ3n) is 3.45. The van der Waals surface area contributed by atoms with E-state index in [0.29, 0.717) is 22.2 Å². The van der Waals surface area contributed by atoms with Crippen molar-refractivity contribution in [3.05, 3.63) is 40.8 Å². The van der Waals surface area contributed by atoms with Gasteiger partial charge in [0.1, 0.15) is 5.82 Å². The molecule has 130 valence electrons. The molecule has 1 aromatic carbocycles. The quantitative estimate of drug-likeness (QED) is 0.756. The summed E-state index contributed by atoms with van der Waals surface area (Å²) in [6, 6.07) is 4.89. The Balaban J connectivity index is 1.66. The molecular weight excluding hydrogens is 343 g/mol. The van der Waals surface area contributed by atoms with Crippen molar-refractivity contribution in [3.63, 3.8) is 0 Å². The lowest BCUT2D eigenvalue weighted by Gasteiger charge is -2.01. The molecule has 0 atom stereocenters. The third kappa shape index (κ3) is 4.05. The summed E-state index contributed by atoms with van der Waals surface area (Å²) in [5.74, 6) is -0.161. The Bertz CT molecular complexity index is 904. The van der Waals surface area contributed by atoms with E-state index in [-0.39, 0.29) is 24.2 Å². The molecule has 0 aliphatic rings. The number of anilines is 1. The zero-order chi connectivity index (χ0) is 18.0. The van der Waals surface area contributed by atoms with Crippen LogP contribution in [0.3, 0.4) is 0 Å². The lowest BCUT2D eigenvalue weighted by atomic mass is 10.1. The number of hydrogen-bond acceptors (Lipinski definition) is 6. The first-order valence-corrected chi connectivity index (χ1v) is 8.60. The van der Waals surface area contributed by atoms with Crippen LogP contribution >= 0.6 is 11.3 Å². The maximum atomic E-state index is 13.4. The molecule has 0 saturated carbocycles. The van der Waals surface area contributed by atoms with Gasteiger partial charge in [-0.1, -0.05) is 0 Å². The Labute approximate surface area is 147 Å². The number of tetrazole rings is 1. The van der Waals surface area contributed by atoms with Gasteiger partial charge in [-0.3, -0.25) is 4.79 Å². The van der Waals surface area contributed by atoms with Gasteiger partial charge in [0.05, 0.1) is 18.2 Å². The molecule has 0 fully saturated rings. The topological polar surface area (TPSA) is 85.6 Å². The van der Waals surface area contributed by atoms with E-state index in [1.807, 2.05) is 19.2 Å². The van der Waals surface area contributed by atoms with Crippen LogP contribution in [0.4, 0.5) is 9.52 Å². The first kappa shape index (κ1) is 17.2. The van der Waals surface area contributed by atoms with Gasteiger partial charge in [0.2, 0.25) is 5.91 Å². The van der Waals surface area contributed by atoms with E-state index >= 15 is 0 Å². The predicted octanol–water partition coefficient (Wildman–Crippen LogP) is 3.01. The van der Waals surface area contributed by atoms with Crippen LogP contribution in [0, 0.1) is 12.7 Å². The summed E-state index contributed by atoms with van der Waals surface area (Å²) in [4.78, 5) is 17.9. The van der Waals surface area contributed by atoms with E-state index in [1.165, 1.54) is 22.2 Å². The first-order valence-electron chi connectivity index (χ1n) is 7.72. The fraction of sp³-hybridized carbons (Fsp3) is 0.312. The molecule has 0 aliphatic heterocycles. The van der Waals surface area contributed by atoms with Gasteiger partial charge in [0.15, 0.2) is 11.0 Å². The van der Waals surface area contributed by atoms with Gasteiger partial charge in [-0.15, -0.1) is 21.5 Å². The molecule has 0 bridgehead atoms. The fourth-order valence-electron chi connectivity index (χ4n) is 2.12. The number of carbonyl (C=O) groups is 1. The van der Waals surface area contributed by atoms with E-state index in [2.05, 4.69) is 25.7 Å². The lowest BCUT2D eigenvalue weighted by Crippen LogP contribution is -2.15. The zero-order valence-corrected chi connectivity index (χ0v) is 14.8. The van der Waals surface area contributed by atoms with E-state index in [9.17, 15) is 9.18 Å². The number of halogens is 1. The Kier molecular flexibility index (Phi) is 4.84. The molecule has 2 heterocycles. The molecular formula is C16H17FN6OS. The Morgan fingerprint density at radius 2 is 2.20 bits per heavy atom. The average Bonchev–Trinajstić information content (AvgIpc) is 3.19. The second-order valence-electron chi connectivity index (χ2n) is 5.85. The molecule has 1 N–H and O–H groups in total. The standard InChI is InChI=1S/C16H17FN6OS/c1-9(2)23-21-14(20-22-23)7-15(24)19-16-18-13(8-25-16)11-4-5-12(17)10(3)6-11/h4-6,8-9H,7H2,1-3H3,(H,18,19,24). The van der Waals surface area contributed by atoms with Crippen LogP contribution in [0.25, 0.3) is 11.3 Å². The summed E-state index contributed by atoms with van der Waals surface area (Å²) in [6.45, 7) is 5.56. The van der Waals surface area contributed by atoms with Crippen LogP contribution in [0.15, 0.2) is 23.6 Å². The maximum Gasteiger partial charge on any atom is 0.233 e. The van der Waals surface area contributed by atoms with Gasteiger partial charge in [0.25, 0.3) is 0 Å². The van der Waals surface area contributed by atoms with Crippen LogP contribution in [-0.4, -0.2) is 31.1 Å². The van der Waals surface area contributed by atoms with Gasteiger partial charge in [-0.25, -0.2) is 9.37 Å². The minimum absolute atomic E-state index is 0.0251. The molecule has 1 amide bonds. The molecule has 0 aliphatic carbocycles. The monoisotopic (exact) mass is 360 g/mol. The van der Waals surface area contributed by atoms with Crippen LogP contribution in [-0.2, 0) is 11.2 Å². The maximum absolute atomic E-state index is 13.4. The summed E-state index contributed by atoms with van der Waals surface area (Å²) in [5, 5.41) is 16.9. The molecule has 7 nitrogen and oxygen atoms in total. The summed E-state index contributed by atoms with van der Waals surface area (Å²) in [5.41, 5.74) is 2.04. The number of carbonyl (C=O) groups excluding carboxylic acids is 1. The number of benzene rings is 1. The highest BCUT2D eigenvalue weighted by molar-refractivity contribution is 7.14. The number of aromatic nitrogens is 5. The number of rotatable bonds is 5. The molecule has 3 rings (SSSR count). The molecule has 0 radical (unpaired) electrons. The van der Waals surface area contributed by atoms with Crippen molar-refractivity contribution < 1.29 is 9.18 Å². The highest BCUT2D eigenvalue weighted by Crippen LogP contribution is 2.26. The smallest absolute Gasteiger partial charge is 0.233 e. The van der Waals surface area contributed by atoms with Gasteiger partial charge < -0.3 is 5.32 Å². The number of nitrogens with zero attached hydrogens (tertiary/aromatic N) is 5. The van der Waals surface area contributed by atoms with Gasteiger partial charge in [0, 0.05) is 10.9 Å². The van der Waals surface area contributed by atoms with Crippen molar-refractivity contribution in [2.45, 2.75) is 33.2 Å². The van der Waals surface area contributed by atoms with E-state index < -0.39 is 0 Å². The summed E-state index contributed by atoms with van der Waals surface area (Å²) in [7, 11) is 0. The lowest BCUT2D eigenvalue weighted by molar-refractivity contribution is -0.115. The Morgan fingerprint density at radius 3 is 2.88 bits per heavy atom. The summed E-state index contributed by atoms with van der Waals surface area (Å²) < 4.78 is 13.4. The Hall–Kier alpha value is -2.68. The number of amides is 1. The van der Waals surface area contributed by atoms with Crippen LogP contribution in [0.5, 0.6) is 0 Å². The first-order chi connectivity index (χ1) is 11.9. The van der Waals surface area contributed by atoms with Crippen LogP contribution in [0.1, 0.15) is 31.3 Å². The molecule has 0 spiro atoms. The molecule has 0 saturated heterocycles. The minimum Gasteiger partial charge on any atom is -0.302 e. The van der Waals surface area contributed by atoms with Gasteiger partial charge in [-0.2, -0.15) is 4.80 Å². The second-order valence-corrected chi connectivity index (χ2v) is 6.70. The normalized spacial score (nSPS) is 11.1. The predicted molar refractivity (Wildman–Crippen MR) is 92.8 cm³/mol. The van der Waals surface area contributed by atoms with Gasteiger partial charge in [-0.05, 0) is 49.7 Å². The van der Waals surface area contributed by atoms with Gasteiger partial charge >= 0.3 is 0 Å². The largest absolute Gasteiger partial charge is 0.302 e.